The van der Waals surface area contributed by atoms with Crippen molar-refractivity contribution in [3.63, 3.8) is 0 Å². The molecule has 0 aromatic carbocycles. The minimum Gasteiger partial charge on any atom is -0.468 e. The maximum atomic E-state index is 11.5. The van der Waals surface area contributed by atoms with E-state index in [0.717, 1.165) is 10.0 Å². The van der Waals surface area contributed by atoms with Gasteiger partial charge in [0.15, 0.2) is 0 Å². The molecule has 0 saturated carbocycles. The summed E-state index contributed by atoms with van der Waals surface area (Å²) in [5, 5.41) is 0. The lowest BCUT2D eigenvalue weighted by Gasteiger charge is -2.21. The van der Waals surface area contributed by atoms with Crippen LogP contribution in [0.5, 0.6) is 0 Å². The molecule has 0 N–H and O–H groups in total. The number of nitrogens with zero attached hydrogens (tertiary/aromatic N) is 1. The van der Waals surface area contributed by atoms with Gasteiger partial charge in [-0.3, -0.25) is 9.78 Å². The van der Waals surface area contributed by atoms with Crippen LogP contribution >= 0.6 is 15.9 Å². The van der Waals surface area contributed by atoms with Gasteiger partial charge in [-0.2, -0.15) is 0 Å². The lowest BCUT2D eigenvalue weighted by Crippen LogP contribution is -2.30. The second-order valence-electron chi connectivity index (χ2n) is 3.51. The topological polar surface area (TPSA) is 39.2 Å². The van der Waals surface area contributed by atoms with Crippen molar-refractivity contribution in [2.24, 2.45) is 0 Å². The molecule has 0 atom stereocenters. The summed E-state index contributed by atoms with van der Waals surface area (Å²) in [5.74, 6) is -0.266. The maximum Gasteiger partial charge on any atom is 0.315 e. The molecular formula is C10H12BrNO2. The second-order valence-corrected chi connectivity index (χ2v) is 4.42. The van der Waals surface area contributed by atoms with Gasteiger partial charge in [0.1, 0.15) is 0 Å². The van der Waals surface area contributed by atoms with Gasteiger partial charge in [-0.25, -0.2) is 0 Å². The highest BCUT2D eigenvalue weighted by Crippen LogP contribution is 2.25. The van der Waals surface area contributed by atoms with Crippen molar-refractivity contribution < 1.29 is 9.53 Å². The van der Waals surface area contributed by atoms with E-state index in [2.05, 4.69) is 20.9 Å². The third kappa shape index (κ3) is 2.12. The monoisotopic (exact) mass is 257 g/mol. The molecule has 1 rings (SSSR count). The van der Waals surface area contributed by atoms with Gasteiger partial charge in [0.2, 0.25) is 0 Å². The molecule has 0 fully saturated rings. The highest BCUT2D eigenvalue weighted by Gasteiger charge is 2.31. The second kappa shape index (κ2) is 4.09. The molecule has 0 aliphatic carbocycles. The van der Waals surface area contributed by atoms with Crippen molar-refractivity contribution in [1.29, 1.82) is 0 Å². The van der Waals surface area contributed by atoms with Gasteiger partial charge in [-0.1, -0.05) is 0 Å². The van der Waals surface area contributed by atoms with Crippen LogP contribution in [0.25, 0.3) is 0 Å². The maximum absolute atomic E-state index is 11.5. The summed E-state index contributed by atoms with van der Waals surface area (Å²) < 4.78 is 5.58. The van der Waals surface area contributed by atoms with E-state index in [9.17, 15) is 4.79 Å². The summed E-state index contributed by atoms with van der Waals surface area (Å²) in [4.78, 5) is 15.5. The zero-order chi connectivity index (χ0) is 10.8. The van der Waals surface area contributed by atoms with Crippen LogP contribution < -0.4 is 0 Å². The van der Waals surface area contributed by atoms with E-state index in [1.54, 1.807) is 12.4 Å². The molecule has 0 bridgehead atoms. The van der Waals surface area contributed by atoms with Crippen LogP contribution in [0.3, 0.4) is 0 Å². The molecule has 76 valence electrons. The van der Waals surface area contributed by atoms with Crippen LogP contribution in [0.2, 0.25) is 0 Å². The van der Waals surface area contributed by atoms with Crippen LogP contribution in [-0.2, 0) is 14.9 Å². The molecule has 0 aliphatic heterocycles. The molecule has 0 spiro atoms. The highest BCUT2D eigenvalue weighted by atomic mass is 79.9. The van der Waals surface area contributed by atoms with E-state index in [1.807, 2.05) is 19.9 Å². The third-order valence-corrected chi connectivity index (χ3v) is 2.56. The molecule has 4 heteroatoms. The first-order chi connectivity index (χ1) is 6.48. The Morgan fingerprint density at radius 2 is 2.14 bits per heavy atom. The number of carbonyl (C=O) groups excluding carboxylic acids is 1. The molecule has 1 aromatic heterocycles. The number of pyridine rings is 1. The predicted octanol–water partition coefficient (Wildman–Crippen LogP) is 2.29. The quantitative estimate of drug-likeness (QED) is 0.764. The number of carbonyl (C=O) groups is 1. The Balaban J connectivity index is 3.09. The molecule has 1 aromatic rings. The van der Waals surface area contributed by atoms with E-state index >= 15 is 0 Å². The number of hydrogen-bond acceptors (Lipinski definition) is 3. The first-order valence-corrected chi connectivity index (χ1v) is 4.97. The third-order valence-electron chi connectivity index (χ3n) is 2.12. The zero-order valence-corrected chi connectivity index (χ0v) is 9.96. The first-order valence-electron chi connectivity index (χ1n) is 4.18. The SMILES string of the molecule is COC(=O)C(C)(C)c1cncc(Br)c1. The molecule has 0 radical (unpaired) electrons. The number of ether oxygens (including phenoxy) is 1. The Morgan fingerprint density at radius 3 is 2.64 bits per heavy atom. The zero-order valence-electron chi connectivity index (χ0n) is 8.37. The standard InChI is InChI=1S/C10H12BrNO2/c1-10(2,9(13)14-3)7-4-8(11)6-12-5-7/h4-6H,1-3H3. The molecule has 0 amide bonds. The van der Waals surface area contributed by atoms with E-state index < -0.39 is 5.41 Å². The molecule has 0 unspecified atom stereocenters. The average Bonchev–Trinajstić information content (AvgIpc) is 2.16. The van der Waals surface area contributed by atoms with Crippen molar-refractivity contribution >= 4 is 21.9 Å². The fourth-order valence-corrected chi connectivity index (χ4v) is 1.49. The summed E-state index contributed by atoms with van der Waals surface area (Å²) in [7, 11) is 1.38. The van der Waals surface area contributed by atoms with Gasteiger partial charge in [0.05, 0.1) is 12.5 Å². The molecule has 1 heterocycles. The largest absolute Gasteiger partial charge is 0.468 e. The Morgan fingerprint density at radius 1 is 1.50 bits per heavy atom. The molecular weight excluding hydrogens is 246 g/mol. The predicted molar refractivity (Wildman–Crippen MR) is 57.0 cm³/mol. The van der Waals surface area contributed by atoms with Gasteiger partial charge in [0, 0.05) is 16.9 Å². The molecule has 0 aliphatic rings. The van der Waals surface area contributed by atoms with Crippen molar-refractivity contribution in [2.75, 3.05) is 7.11 Å². The Bertz CT molecular complexity index is 350. The molecule has 0 saturated heterocycles. The Kier molecular flexibility index (Phi) is 3.26. The summed E-state index contributed by atoms with van der Waals surface area (Å²) in [5.41, 5.74) is 0.171. The minimum absolute atomic E-state index is 0.266. The number of esters is 1. The summed E-state index contributed by atoms with van der Waals surface area (Å²) in [6, 6.07) is 1.86. The van der Waals surface area contributed by atoms with Gasteiger partial charge < -0.3 is 4.74 Å². The number of aromatic nitrogens is 1. The summed E-state index contributed by atoms with van der Waals surface area (Å²) in [6.45, 7) is 3.62. The van der Waals surface area contributed by atoms with Gasteiger partial charge in [0.25, 0.3) is 0 Å². The molecule has 3 nitrogen and oxygen atoms in total. The highest BCUT2D eigenvalue weighted by molar-refractivity contribution is 9.10. The van der Waals surface area contributed by atoms with E-state index in [1.165, 1.54) is 7.11 Å². The number of hydrogen-bond donors (Lipinski definition) is 0. The fourth-order valence-electron chi connectivity index (χ4n) is 1.13. The van der Waals surface area contributed by atoms with Crippen LogP contribution in [0.15, 0.2) is 22.9 Å². The Hall–Kier alpha value is -0.900. The number of rotatable bonds is 2. The summed E-state index contributed by atoms with van der Waals surface area (Å²) in [6.07, 6.45) is 3.35. The van der Waals surface area contributed by atoms with Crippen molar-refractivity contribution in [3.05, 3.63) is 28.5 Å². The smallest absolute Gasteiger partial charge is 0.315 e. The van der Waals surface area contributed by atoms with Crippen molar-refractivity contribution in [3.8, 4) is 0 Å². The molecule has 14 heavy (non-hydrogen) atoms. The van der Waals surface area contributed by atoms with Crippen LogP contribution in [0.1, 0.15) is 19.4 Å². The van der Waals surface area contributed by atoms with Gasteiger partial charge in [-0.05, 0) is 41.4 Å². The van der Waals surface area contributed by atoms with E-state index in [-0.39, 0.29) is 5.97 Å². The van der Waals surface area contributed by atoms with E-state index in [0.29, 0.717) is 0 Å². The van der Waals surface area contributed by atoms with Crippen LogP contribution in [0.4, 0.5) is 0 Å². The number of methoxy groups -OCH3 is 1. The first kappa shape index (κ1) is 11.2. The minimum atomic E-state index is -0.661. The lowest BCUT2D eigenvalue weighted by molar-refractivity contribution is -0.146. The number of halogens is 1. The van der Waals surface area contributed by atoms with Crippen LogP contribution in [-0.4, -0.2) is 18.1 Å². The Labute approximate surface area is 91.6 Å². The van der Waals surface area contributed by atoms with E-state index in [4.69, 9.17) is 4.74 Å². The van der Waals surface area contributed by atoms with Gasteiger partial charge in [-0.15, -0.1) is 0 Å². The van der Waals surface area contributed by atoms with Gasteiger partial charge >= 0.3 is 5.97 Å². The normalized spacial score (nSPS) is 11.1. The fraction of sp³-hybridized carbons (Fsp3) is 0.400. The van der Waals surface area contributed by atoms with Crippen molar-refractivity contribution in [1.82, 2.24) is 4.98 Å². The summed E-state index contributed by atoms with van der Waals surface area (Å²) >= 11 is 3.31. The average molecular weight is 258 g/mol. The van der Waals surface area contributed by atoms with Crippen LogP contribution in [0, 0.1) is 0 Å². The lowest BCUT2D eigenvalue weighted by atomic mass is 9.86. The van der Waals surface area contributed by atoms with Crippen molar-refractivity contribution in [2.45, 2.75) is 19.3 Å².